The van der Waals surface area contributed by atoms with Gasteiger partial charge in [0.25, 0.3) is 0 Å². The molecule has 0 aliphatic carbocycles. The van der Waals surface area contributed by atoms with Crippen molar-refractivity contribution in [3.8, 4) is 11.5 Å². The van der Waals surface area contributed by atoms with Gasteiger partial charge in [-0.2, -0.15) is 0 Å². The zero-order chi connectivity index (χ0) is 18.7. The van der Waals surface area contributed by atoms with Crippen molar-refractivity contribution in [3.05, 3.63) is 53.3 Å². The van der Waals surface area contributed by atoms with Gasteiger partial charge >= 0.3 is 5.97 Å². The molecule has 0 radical (unpaired) electrons. The number of nitrogens with zero attached hydrogens (tertiary/aromatic N) is 2. The van der Waals surface area contributed by atoms with Gasteiger partial charge in [0.1, 0.15) is 17.5 Å². The molecule has 2 unspecified atom stereocenters. The molecule has 0 amide bonds. The SMILES string of the molecule is COc1ccc(C(c2cccc(C)n2)N2CCCC2C(=O)O)c(OC)c1. The molecule has 26 heavy (non-hydrogen) atoms. The summed E-state index contributed by atoms with van der Waals surface area (Å²) in [5.74, 6) is 0.555. The van der Waals surface area contributed by atoms with Gasteiger partial charge in [-0.25, -0.2) is 0 Å². The Hall–Kier alpha value is -2.60. The molecule has 1 saturated heterocycles. The van der Waals surface area contributed by atoms with Crippen LogP contribution in [0.1, 0.15) is 35.8 Å². The molecule has 1 N–H and O–H groups in total. The third-order valence-electron chi connectivity index (χ3n) is 4.84. The second kappa shape index (κ2) is 7.74. The van der Waals surface area contributed by atoms with Crippen molar-refractivity contribution >= 4 is 5.97 Å². The minimum Gasteiger partial charge on any atom is -0.497 e. The zero-order valence-electron chi connectivity index (χ0n) is 15.3. The lowest BCUT2D eigenvalue weighted by atomic mass is 9.98. The van der Waals surface area contributed by atoms with Gasteiger partial charge in [0.05, 0.1) is 26.0 Å². The van der Waals surface area contributed by atoms with Crippen LogP contribution in [0.15, 0.2) is 36.4 Å². The molecule has 0 bridgehead atoms. The summed E-state index contributed by atoms with van der Waals surface area (Å²) in [6, 6.07) is 10.6. The number of carboxylic acids is 1. The maximum atomic E-state index is 11.8. The number of aryl methyl sites for hydroxylation is 1. The monoisotopic (exact) mass is 356 g/mol. The summed E-state index contributed by atoms with van der Waals surface area (Å²) in [6.45, 7) is 2.64. The number of carbonyl (C=O) groups is 1. The third kappa shape index (κ3) is 3.51. The first-order valence-electron chi connectivity index (χ1n) is 8.69. The van der Waals surface area contributed by atoms with Crippen molar-refractivity contribution in [1.29, 1.82) is 0 Å². The summed E-state index contributed by atoms with van der Waals surface area (Å²) in [6.07, 6.45) is 1.48. The van der Waals surface area contributed by atoms with Crippen LogP contribution in [-0.2, 0) is 4.79 Å². The van der Waals surface area contributed by atoms with Crippen molar-refractivity contribution in [2.45, 2.75) is 31.8 Å². The zero-order valence-corrected chi connectivity index (χ0v) is 15.3. The van der Waals surface area contributed by atoms with E-state index in [1.54, 1.807) is 14.2 Å². The van der Waals surface area contributed by atoms with Gasteiger partial charge in [0.15, 0.2) is 0 Å². The fourth-order valence-electron chi connectivity index (χ4n) is 3.63. The molecule has 0 saturated carbocycles. The van der Waals surface area contributed by atoms with Crippen LogP contribution in [0.2, 0.25) is 0 Å². The lowest BCUT2D eigenvalue weighted by molar-refractivity contribution is -0.142. The number of benzene rings is 1. The highest BCUT2D eigenvalue weighted by Crippen LogP contribution is 2.39. The molecule has 2 aromatic rings. The van der Waals surface area contributed by atoms with Gasteiger partial charge in [0, 0.05) is 23.9 Å². The largest absolute Gasteiger partial charge is 0.497 e. The van der Waals surface area contributed by atoms with Crippen molar-refractivity contribution in [3.63, 3.8) is 0 Å². The van der Waals surface area contributed by atoms with Crippen LogP contribution in [0.4, 0.5) is 0 Å². The van der Waals surface area contributed by atoms with E-state index < -0.39 is 12.0 Å². The maximum absolute atomic E-state index is 11.8. The molecule has 1 fully saturated rings. The first kappa shape index (κ1) is 18.2. The average Bonchev–Trinajstić information content (AvgIpc) is 3.12. The van der Waals surface area contributed by atoms with Crippen molar-refractivity contribution in [2.24, 2.45) is 0 Å². The number of ether oxygens (including phenoxy) is 2. The first-order valence-corrected chi connectivity index (χ1v) is 8.69. The van der Waals surface area contributed by atoms with E-state index in [1.165, 1.54) is 0 Å². The Labute approximate surface area is 153 Å². The Balaban J connectivity index is 2.14. The quantitative estimate of drug-likeness (QED) is 0.858. The summed E-state index contributed by atoms with van der Waals surface area (Å²) in [5.41, 5.74) is 2.60. The van der Waals surface area contributed by atoms with Gasteiger partial charge in [-0.3, -0.25) is 14.7 Å². The smallest absolute Gasteiger partial charge is 0.320 e. The second-order valence-corrected chi connectivity index (χ2v) is 6.45. The van der Waals surface area contributed by atoms with Gasteiger partial charge in [-0.05, 0) is 44.0 Å². The highest BCUT2D eigenvalue weighted by atomic mass is 16.5. The van der Waals surface area contributed by atoms with E-state index in [1.807, 2.05) is 48.2 Å². The summed E-state index contributed by atoms with van der Waals surface area (Å²) in [5, 5.41) is 9.68. The topological polar surface area (TPSA) is 71.9 Å². The Morgan fingerprint density at radius 1 is 1.27 bits per heavy atom. The van der Waals surface area contributed by atoms with Crippen LogP contribution in [0.5, 0.6) is 11.5 Å². The molecule has 1 aliphatic rings. The second-order valence-electron chi connectivity index (χ2n) is 6.45. The standard InChI is InChI=1S/C20H24N2O4/c1-13-6-4-7-16(21-13)19(22-11-5-8-17(22)20(23)24)15-10-9-14(25-2)12-18(15)26-3/h4,6-7,9-10,12,17,19H,5,8,11H2,1-3H3,(H,23,24). The minimum absolute atomic E-state index is 0.292. The molecule has 1 aromatic heterocycles. The lowest BCUT2D eigenvalue weighted by Crippen LogP contribution is -2.39. The fraction of sp³-hybridized carbons (Fsp3) is 0.400. The molecule has 6 nitrogen and oxygen atoms in total. The number of pyridine rings is 1. The van der Waals surface area contributed by atoms with E-state index in [2.05, 4.69) is 4.98 Å². The van der Waals surface area contributed by atoms with E-state index in [9.17, 15) is 9.90 Å². The Bertz CT molecular complexity index is 793. The third-order valence-corrected chi connectivity index (χ3v) is 4.84. The predicted molar refractivity (Wildman–Crippen MR) is 97.7 cm³/mol. The fourth-order valence-corrected chi connectivity index (χ4v) is 3.63. The summed E-state index contributed by atoms with van der Waals surface area (Å²) < 4.78 is 10.9. The summed E-state index contributed by atoms with van der Waals surface area (Å²) in [7, 11) is 3.21. The molecule has 138 valence electrons. The molecular weight excluding hydrogens is 332 g/mol. The van der Waals surface area contributed by atoms with Crippen LogP contribution < -0.4 is 9.47 Å². The van der Waals surface area contributed by atoms with E-state index in [-0.39, 0.29) is 6.04 Å². The maximum Gasteiger partial charge on any atom is 0.320 e. The number of aromatic nitrogens is 1. The number of hydrogen-bond acceptors (Lipinski definition) is 5. The molecule has 3 rings (SSSR count). The van der Waals surface area contributed by atoms with Gasteiger partial charge < -0.3 is 14.6 Å². The molecule has 1 aromatic carbocycles. The number of hydrogen-bond donors (Lipinski definition) is 1. The number of methoxy groups -OCH3 is 2. The minimum atomic E-state index is -0.798. The van der Waals surface area contributed by atoms with E-state index in [0.717, 1.165) is 23.4 Å². The first-order chi connectivity index (χ1) is 12.5. The van der Waals surface area contributed by atoms with E-state index in [4.69, 9.17) is 9.47 Å². The molecule has 2 atom stereocenters. The molecule has 1 aliphatic heterocycles. The number of aliphatic carboxylic acids is 1. The Kier molecular flexibility index (Phi) is 5.42. The highest BCUT2D eigenvalue weighted by molar-refractivity contribution is 5.74. The Morgan fingerprint density at radius 2 is 2.08 bits per heavy atom. The van der Waals surface area contributed by atoms with Gasteiger partial charge in [-0.15, -0.1) is 0 Å². The molecule has 2 heterocycles. The molecule has 0 spiro atoms. The van der Waals surface area contributed by atoms with Crippen LogP contribution >= 0.6 is 0 Å². The predicted octanol–water partition coefficient (Wildman–Crippen LogP) is 3.05. The summed E-state index contributed by atoms with van der Waals surface area (Å²) in [4.78, 5) is 18.5. The van der Waals surface area contributed by atoms with Crippen molar-refractivity contribution < 1.29 is 19.4 Å². The number of likely N-dealkylation sites (tertiary alicyclic amines) is 1. The number of rotatable bonds is 6. The van der Waals surface area contributed by atoms with Gasteiger partial charge in [-0.1, -0.05) is 6.07 Å². The van der Waals surface area contributed by atoms with E-state index in [0.29, 0.717) is 24.5 Å². The van der Waals surface area contributed by atoms with Crippen LogP contribution in [-0.4, -0.2) is 47.8 Å². The normalized spacial score (nSPS) is 18.5. The van der Waals surface area contributed by atoms with Crippen LogP contribution in [0.25, 0.3) is 0 Å². The number of carboxylic acid groups (broad SMARTS) is 1. The molecule has 6 heteroatoms. The van der Waals surface area contributed by atoms with Crippen LogP contribution in [0, 0.1) is 6.92 Å². The summed E-state index contributed by atoms with van der Waals surface area (Å²) >= 11 is 0. The highest BCUT2D eigenvalue weighted by Gasteiger charge is 2.38. The average molecular weight is 356 g/mol. The van der Waals surface area contributed by atoms with Crippen molar-refractivity contribution in [1.82, 2.24) is 9.88 Å². The molecular formula is C20H24N2O4. The van der Waals surface area contributed by atoms with Gasteiger partial charge in [0.2, 0.25) is 0 Å². The Morgan fingerprint density at radius 3 is 2.73 bits per heavy atom. The van der Waals surface area contributed by atoms with Crippen molar-refractivity contribution in [2.75, 3.05) is 20.8 Å². The lowest BCUT2D eigenvalue weighted by Gasteiger charge is -2.32. The van der Waals surface area contributed by atoms with Crippen LogP contribution in [0.3, 0.4) is 0 Å². The van der Waals surface area contributed by atoms with E-state index >= 15 is 0 Å².